The first-order chi connectivity index (χ1) is 9.81. The smallest absolute Gasteiger partial charge is 0.0397 e. The Kier molecular flexibility index (Phi) is 3.86. The number of anilines is 2. The lowest BCUT2D eigenvalue weighted by atomic mass is 10.0. The zero-order valence-corrected chi connectivity index (χ0v) is 11.9. The molecule has 0 saturated carbocycles. The Morgan fingerprint density at radius 1 is 1.00 bits per heavy atom. The monoisotopic (exact) mass is 267 g/mol. The second-order valence-electron chi connectivity index (χ2n) is 5.48. The molecule has 0 amide bonds. The summed E-state index contributed by atoms with van der Waals surface area (Å²) in [6.45, 7) is 4.33. The summed E-state index contributed by atoms with van der Waals surface area (Å²) in [5.74, 6) is 0. The fraction of sp³-hybridized carbons (Fsp3) is 0.353. The van der Waals surface area contributed by atoms with Crippen LogP contribution in [-0.4, -0.2) is 24.1 Å². The summed E-state index contributed by atoms with van der Waals surface area (Å²) in [5.41, 5.74) is 3.83. The number of nitrogens with zero attached hydrogens (tertiary/aromatic N) is 2. The number of hydrogen-bond donors (Lipinski definition) is 1. The number of aryl methyl sites for hydroxylation is 1. The summed E-state index contributed by atoms with van der Waals surface area (Å²) in [6.07, 6.45) is 6.09. The van der Waals surface area contributed by atoms with E-state index in [2.05, 4.69) is 58.5 Å². The van der Waals surface area contributed by atoms with Crippen molar-refractivity contribution in [1.82, 2.24) is 4.98 Å². The molecule has 1 saturated heterocycles. The zero-order valence-electron chi connectivity index (χ0n) is 11.9. The molecular formula is C17H21N3. The lowest BCUT2D eigenvalue weighted by Gasteiger charge is -2.34. The highest BCUT2D eigenvalue weighted by atomic mass is 15.1. The van der Waals surface area contributed by atoms with Crippen molar-refractivity contribution in [1.29, 1.82) is 0 Å². The van der Waals surface area contributed by atoms with Crippen molar-refractivity contribution in [2.24, 2.45) is 0 Å². The molecule has 1 aliphatic heterocycles. The van der Waals surface area contributed by atoms with Crippen molar-refractivity contribution >= 4 is 11.4 Å². The standard InChI is InChI=1S/C17H21N3/c1-14-2-4-15(5-3-14)19-16-8-12-20(13-9-16)17-6-10-18-11-7-17/h2-7,10-11,16,19H,8-9,12-13H2,1H3. The van der Waals surface area contributed by atoms with Gasteiger partial charge in [-0.1, -0.05) is 17.7 Å². The van der Waals surface area contributed by atoms with Crippen LogP contribution in [0.1, 0.15) is 18.4 Å². The molecule has 0 spiro atoms. The third-order valence-electron chi connectivity index (χ3n) is 3.95. The summed E-state index contributed by atoms with van der Waals surface area (Å²) in [5, 5.41) is 3.64. The summed E-state index contributed by atoms with van der Waals surface area (Å²) in [6, 6.07) is 13.4. The topological polar surface area (TPSA) is 28.2 Å². The Bertz CT molecular complexity index is 528. The molecule has 0 atom stereocenters. The van der Waals surface area contributed by atoms with Crippen molar-refractivity contribution in [2.45, 2.75) is 25.8 Å². The second kappa shape index (κ2) is 5.95. The van der Waals surface area contributed by atoms with Crippen LogP contribution in [-0.2, 0) is 0 Å². The highest BCUT2D eigenvalue weighted by Crippen LogP contribution is 2.21. The molecule has 1 N–H and O–H groups in total. The van der Waals surface area contributed by atoms with E-state index in [-0.39, 0.29) is 0 Å². The van der Waals surface area contributed by atoms with Crippen LogP contribution in [0.15, 0.2) is 48.8 Å². The first-order valence-corrected chi connectivity index (χ1v) is 7.29. The van der Waals surface area contributed by atoms with Gasteiger partial charge in [-0.2, -0.15) is 0 Å². The molecule has 20 heavy (non-hydrogen) atoms. The van der Waals surface area contributed by atoms with Crippen LogP contribution < -0.4 is 10.2 Å². The minimum atomic E-state index is 0.579. The van der Waals surface area contributed by atoms with Gasteiger partial charge in [0.05, 0.1) is 0 Å². The van der Waals surface area contributed by atoms with Gasteiger partial charge < -0.3 is 10.2 Å². The van der Waals surface area contributed by atoms with Crippen molar-refractivity contribution in [2.75, 3.05) is 23.3 Å². The van der Waals surface area contributed by atoms with Crippen LogP contribution in [0.3, 0.4) is 0 Å². The third kappa shape index (κ3) is 3.10. The lowest BCUT2D eigenvalue weighted by molar-refractivity contribution is 0.526. The molecule has 104 valence electrons. The predicted molar refractivity (Wildman–Crippen MR) is 84.3 cm³/mol. The summed E-state index contributed by atoms with van der Waals surface area (Å²) in [7, 11) is 0. The highest BCUT2D eigenvalue weighted by Gasteiger charge is 2.19. The van der Waals surface area contributed by atoms with Crippen LogP contribution in [0.25, 0.3) is 0 Å². The molecule has 0 unspecified atom stereocenters. The zero-order chi connectivity index (χ0) is 13.8. The van der Waals surface area contributed by atoms with E-state index in [0.29, 0.717) is 6.04 Å². The Labute approximate surface area is 120 Å². The number of nitrogens with one attached hydrogen (secondary N) is 1. The predicted octanol–water partition coefficient (Wildman–Crippen LogP) is 3.47. The van der Waals surface area contributed by atoms with Gasteiger partial charge >= 0.3 is 0 Å². The molecule has 3 rings (SSSR count). The van der Waals surface area contributed by atoms with Gasteiger partial charge in [-0.25, -0.2) is 0 Å². The van der Waals surface area contributed by atoms with E-state index < -0.39 is 0 Å². The molecule has 2 aromatic rings. The van der Waals surface area contributed by atoms with Gasteiger partial charge in [0.25, 0.3) is 0 Å². The number of hydrogen-bond acceptors (Lipinski definition) is 3. The summed E-state index contributed by atoms with van der Waals surface area (Å²) < 4.78 is 0. The minimum Gasteiger partial charge on any atom is -0.382 e. The summed E-state index contributed by atoms with van der Waals surface area (Å²) in [4.78, 5) is 6.52. The molecule has 3 heteroatoms. The van der Waals surface area contributed by atoms with E-state index >= 15 is 0 Å². The van der Waals surface area contributed by atoms with Crippen LogP contribution in [0.5, 0.6) is 0 Å². The quantitative estimate of drug-likeness (QED) is 0.923. The first kappa shape index (κ1) is 13.0. The van der Waals surface area contributed by atoms with Crippen molar-refractivity contribution < 1.29 is 0 Å². The van der Waals surface area contributed by atoms with Gasteiger partial charge in [-0.05, 0) is 44.0 Å². The van der Waals surface area contributed by atoms with Gasteiger partial charge in [0, 0.05) is 42.9 Å². The molecule has 3 nitrogen and oxygen atoms in total. The van der Waals surface area contributed by atoms with E-state index in [0.717, 1.165) is 13.1 Å². The second-order valence-corrected chi connectivity index (χ2v) is 5.48. The van der Waals surface area contributed by atoms with Crippen molar-refractivity contribution in [3.8, 4) is 0 Å². The minimum absolute atomic E-state index is 0.579. The molecule has 1 aliphatic rings. The van der Waals surface area contributed by atoms with E-state index in [1.165, 1.54) is 29.8 Å². The van der Waals surface area contributed by atoms with Gasteiger partial charge in [-0.15, -0.1) is 0 Å². The Morgan fingerprint density at radius 3 is 2.30 bits per heavy atom. The van der Waals surface area contributed by atoms with Crippen molar-refractivity contribution in [3.63, 3.8) is 0 Å². The number of benzene rings is 1. The molecule has 2 heterocycles. The van der Waals surface area contributed by atoms with Crippen LogP contribution >= 0.6 is 0 Å². The largest absolute Gasteiger partial charge is 0.382 e. The highest BCUT2D eigenvalue weighted by molar-refractivity contribution is 5.47. The van der Waals surface area contributed by atoms with E-state index in [4.69, 9.17) is 0 Å². The molecular weight excluding hydrogens is 246 g/mol. The first-order valence-electron chi connectivity index (χ1n) is 7.29. The average molecular weight is 267 g/mol. The normalized spacial score (nSPS) is 16.1. The molecule has 0 bridgehead atoms. The lowest BCUT2D eigenvalue weighted by Crippen LogP contribution is -2.39. The van der Waals surface area contributed by atoms with Crippen molar-refractivity contribution in [3.05, 3.63) is 54.4 Å². The number of rotatable bonds is 3. The van der Waals surface area contributed by atoms with Gasteiger partial charge in [0.1, 0.15) is 0 Å². The summed E-state index contributed by atoms with van der Waals surface area (Å²) >= 11 is 0. The number of piperidine rings is 1. The van der Waals surface area contributed by atoms with Crippen LogP contribution in [0.4, 0.5) is 11.4 Å². The maximum absolute atomic E-state index is 4.08. The fourth-order valence-electron chi connectivity index (χ4n) is 2.72. The maximum atomic E-state index is 4.08. The molecule has 0 aliphatic carbocycles. The third-order valence-corrected chi connectivity index (χ3v) is 3.95. The molecule has 1 aromatic carbocycles. The van der Waals surface area contributed by atoms with E-state index in [1.807, 2.05) is 12.4 Å². The Morgan fingerprint density at radius 2 is 1.65 bits per heavy atom. The van der Waals surface area contributed by atoms with Gasteiger partial charge in [0.2, 0.25) is 0 Å². The molecule has 0 radical (unpaired) electrons. The van der Waals surface area contributed by atoms with Crippen LogP contribution in [0, 0.1) is 6.92 Å². The average Bonchev–Trinajstić information content (AvgIpc) is 2.51. The number of pyridine rings is 1. The Balaban J connectivity index is 1.55. The van der Waals surface area contributed by atoms with Crippen LogP contribution in [0.2, 0.25) is 0 Å². The SMILES string of the molecule is Cc1ccc(NC2CCN(c3ccncc3)CC2)cc1. The fourth-order valence-corrected chi connectivity index (χ4v) is 2.72. The van der Waals surface area contributed by atoms with E-state index in [9.17, 15) is 0 Å². The molecule has 1 aromatic heterocycles. The Hall–Kier alpha value is -2.03. The van der Waals surface area contributed by atoms with Gasteiger partial charge in [0.15, 0.2) is 0 Å². The number of aromatic nitrogens is 1. The van der Waals surface area contributed by atoms with Gasteiger partial charge in [-0.3, -0.25) is 4.98 Å². The molecule has 1 fully saturated rings. The maximum Gasteiger partial charge on any atom is 0.0397 e. The van der Waals surface area contributed by atoms with E-state index in [1.54, 1.807) is 0 Å².